The maximum atomic E-state index is 13.4. The topological polar surface area (TPSA) is 39.1 Å². The number of aromatic nitrogens is 1. The number of rotatable bonds is 10. The lowest BCUT2D eigenvalue weighted by Crippen LogP contribution is -2.31. The molecule has 1 aromatic heterocycles. The zero-order valence-electron chi connectivity index (χ0n) is 21.8. The SMILES string of the molecule is CC[Si](CC)(CC)CCCn1c2ccc(C(C)=O)cc2c2cc(C(=O)c3ccccc3C)ccc21. The molecule has 182 valence electrons. The van der Waals surface area contributed by atoms with Crippen LogP contribution < -0.4 is 0 Å². The highest BCUT2D eigenvalue weighted by atomic mass is 28.3. The van der Waals surface area contributed by atoms with Crippen molar-refractivity contribution in [2.45, 2.75) is 71.8 Å². The van der Waals surface area contributed by atoms with Gasteiger partial charge in [-0.2, -0.15) is 0 Å². The lowest BCUT2D eigenvalue weighted by Gasteiger charge is -2.28. The molecule has 4 rings (SSSR count). The van der Waals surface area contributed by atoms with Gasteiger partial charge in [-0.15, -0.1) is 0 Å². The smallest absolute Gasteiger partial charge is 0.193 e. The molecule has 3 aromatic carbocycles. The largest absolute Gasteiger partial charge is 0.340 e. The number of ketones is 2. The first-order valence-electron chi connectivity index (χ1n) is 13.0. The Balaban J connectivity index is 1.80. The summed E-state index contributed by atoms with van der Waals surface area (Å²) in [5.41, 5.74) is 5.39. The van der Waals surface area contributed by atoms with Crippen LogP contribution in [0.1, 0.15) is 66.0 Å². The number of hydrogen-bond donors (Lipinski definition) is 0. The van der Waals surface area contributed by atoms with Crippen LogP contribution in [-0.2, 0) is 6.54 Å². The van der Waals surface area contributed by atoms with Crippen LogP contribution >= 0.6 is 0 Å². The van der Waals surface area contributed by atoms with Crippen molar-refractivity contribution in [2.24, 2.45) is 0 Å². The second-order valence-corrected chi connectivity index (χ2v) is 15.6. The molecule has 0 aliphatic carbocycles. The minimum absolute atomic E-state index is 0.0400. The Morgan fingerprint density at radius 1 is 0.800 bits per heavy atom. The lowest BCUT2D eigenvalue weighted by atomic mass is 9.97. The lowest BCUT2D eigenvalue weighted by molar-refractivity contribution is 0.101. The normalized spacial score (nSPS) is 11.9. The average Bonchev–Trinajstić information content (AvgIpc) is 3.19. The molecule has 0 N–H and O–H groups in total. The molecular formula is C31H37NO2Si. The number of Topliss-reactive ketones (excluding diaryl/α,β-unsaturated/α-hetero) is 1. The Labute approximate surface area is 210 Å². The van der Waals surface area contributed by atoms with Gasteiger partial charge >= 0.3 is 0 Å². The third kappa shape index (κ3) is 4.77. The minimum Gasteiger partial charge on any atom is -0.340 e. The Kier molecular flexibility index (Phi) is 7.41. The zero-order valence-corrected chi connectivity index (χ0v) is 22.8. The highest BCUT2D eigenvalue weighted by Gasteiger charge is 2.26. The number of carbonyl (C=O) groups is 2. The first kappa shape index (κ1) is 25.1. The van der Waals surface area contributed by atoms with Gasteiger partial charge in [-0.05, 0) is 62.2 Å². The van der Waals surface area contributed by atoms with Crippen LogP contribution in [-0.4, -0.2) is 24.2 Å². The fourth-order valence-corrected chi connectivity index (χ4v) is 9.05. The van der Waals surface area contributed by atoms with Crippen LogP contribution in [0.25, 0.3) is 21.8 Å². The summed E-state index contributed by atoms with van der Waals surface area (Å²) in [5.74, 6) is 0.0998. The molecule has 0 unspecified atom stereocenters. The van der Waals surface area contributed by atoms with Gasteiger partial charge in [0, 0.05) is 45.0 Å². The van der Waals surface area contributed by atoms with Crippen LogP contribution in [0.2, 0.25) is 24.2 Å². The summed E-state index contributed by atoms with van der Waals surface area (Å²) >= 11 is 0. The van der Waals surface area contributed by atoms with Gasteiger partial charge in [-0.1, -0.05) is 69.2 Å². The first-order valence-corrected chi connectivity index (χ1v) is 15.8. The number of aryl methyl sites for hydroxylation is 2. The van der Waals surface area contributed by atoms with Crippen molar-refractivity contribution in [1.82, 2.24) is 4.57 Å². The quantitative estimate of drug-likeness (QED) is 0.168. The molecular weight excluding hydrogens is 446 g/mol. The minimum atomic E-state index is -1.18. The molecule has 0 saturated carbocycles. The highest BCUT2D eigenvalue weighted by molar-refractivity contribution is 6.79. The van der Waals surface area contributed by atoms with E-state index in [-0.39, 0.29) is 11.6 Å². The first-order chi connectivity index (χ1) is 16.8. The molecule has 0 radical (unpaired) electrons. The van der Waals surface area contributed by atoms with E-state index >= 15 is 0 Å². The standard InChI is InChI=1S/C31H37NO2Si/c1-6-35(7-2,8-3)19-11-18-32-29-16-14-24(23(5)33)20-27(29)28-21-25(15-17-30(28)32)31(34)26-13-10-9-12-22(26)4/h9-10,12-17,20-21H,6-8,11,18-19H2,1-5H3. The van der Waals surface area contributed by atoms with Crippen molar-refractivity contribution < 1.29 is 9.59 Å². The van der Waals surface area contributed by atoms with Crippen molar-refractivity contribution in [3.05, 3.63) is 82.9 Å². The van der Waals surface area contributed by atoms with Gasteiger partial charge in [-0.3, -0.25) is 9.59 Å². The maximum absolute atomic E-state index is 13.4. The van der Waals surface area contributed by atoms with E-state index in [1.165, 1.54) is 30.6 Å². The second kappa shape index (κ2) is 10.3. The van der Waals surface area contributed by atoms with Crippen LogP contribution in [0.4, 0.5) is 0 Å². The van der Waals surface area contributed by atoms with E-state index in [2.05, 4.69) is 37.5 Å². The molecule has 1 heterocycles. The number of benzene rings is 3. The molecule has 3 nitrogen and oxygen atoms in total. The third-order valence-electron chi connectivity index (χ3n) is 8.26. The summed E-state index contributed by atoms with van der Waals surface area (Å²) in [7, 11) is -1.18. The van der Waals surface area contributed by atoms with Gasteiger partial charge in [-0.25, -0.2) is 0 Å². The van der Waals surface area contributed by atoms with E-state index in [1.54, 1.807) is 6.92 Å². The van der Waals surface area contributed by atoms with Gasteiger partial charge in [0.25, 0.3) is 0 Å². The summed E-state index contributed by atoms with van der Waals surface area (Å²) in [6.07, 6.45) is 1.17. The fraction of sp³-hybridized carbons (Fsp3) is 0.355. The van der Waals surface area contributed by atoms with E-state index in [9.17, 15) is 9.59 Å². The molecule has 0 atom stereocenters. The molecule has 4 heteroatoms. The van der Waals surface area contributed by atoms with E-state index in [4.69, 9.17) is 0 Å². The van der Waals surface area contributed by atoms with Crippen molar-refractivity contribution in [2.75, 3.05) is 0 Å². The molecule has 35 heavy (non-hydrogen) atoms. The van der Waals surface area contributed by atoms with E-state index < -0.39 is 8.07 Å². The molecule has 0 aliphatic heterocycles. The molecule has 0 fully saturated rings. The predicted octanol–water partition coefficient (Wildman–Crippen LogP) is 8.44. The third-order valence-corrected chi connectivity index (χ3v) is 14.2. The van der Waals surface area contributed by atoms with Crippen LogP contribution in [0, 0.1) is 6.92 Å². The van der Waals surface area contributed by atoms with Crippen molar-refractivity contribution in [1.29, 1.82) is 0 Å². The molecule has 0 saturated heterocycles. The molecule has 4 aromatic rings. The number of carbonyl (C=O) groups excluding carboxylic acids is 2. The van der Waals surface area contributed by atoms with Crippen LogP contribution in [0.5, 0.6) is 0 Å². The van der Waals surface area contributed by atoms with Crippen molar-refractivity contribution in [3.63, 3.8) is 0 Å². The van der Waals surface area contributed by atoms with Gasteiger partial charge in [0.05, 0.1) is 8.07 Å². The Bertz CT molecular complexity index is 1390. The Morgan fingerprint density at radius 3 is 1.94 bits per heavy atom. The van der Waals surface area contributed by atoms with E-state index in [0.717, 1.165) is 39.5 Å². The molecule has 0 spiro atoms. The number of fused-ring (bicyclic) bond motifs is 3. The van der Waals surface area contributed by atoms with E-state index in [1.807, 2.05) is 55.5 Å². The van der Waals surface area contributed by atoms with E-state index in [0.29, 0.717) is 11.1 Å². The van der Waals surface area contributed by atoms with Gasteiger partial charge in [0.2, 0.25) is 0 Å². The van der Waals surface area contributed by atoms with Crippen molar-refractivity contribution in [3.8, 4) is 0 Å². The molecule has 0 amide bonds. The monoisotopic (exact) mass is 483 g/mol. The molecule has 0 bridgehead atoms. The average molecular weight is 484 g/mol. The number of hydrogen-bond acceptors (Lipinski definition) is 2. The second-order valence-electron chi connectivity index (χ2n) is 9.98. The summed E-state index contributed by atoms with van der Waals surface area (Å²) in [4.78, 5) is 25.5. The van der Waals surface area contributed by atoms with Gasteiger partial charge < -0.3 is 4.57 Å². The summed E-state index contributed by atoms with van der Waals surface area (Å²) in [6.45, 7) is 11.7. The summed E-state index contributed by atoms with van der Waals surface area (Å²) < 4.78 is 2.40. The fourth-order valence-electron chi connectivity index (χ4n) is 5.58. The Morgan fingerprint density at radius 2 is 1.37 bits per heavy atom. The molecule has 0 aliphatic rings. The van der Waals surface area contributed by atoms with Crippen LogP contribution in [0.3, 0.4) is 0 Å². The predicted molar refractivity (Wildman–Crippen MR) is 151 cm³/mol. The highest BCUT2D eigenvalue weighted by Crippen LogP contribution is 2.33. The van der Waals surface area contributed by atoms with Crippen LogP contribution in [0.15, 0.2) is 60.7 Å². The number of nitrogens with zero attached hydrogens (tertiary/aromatic N) is 1. The summed E-state index contributed by atoms with van der Waals surface area (Å²) in [6, 6.07) is 25.2. The summed E-state index contributed by atoms with van der Waals surface area (Å²) in [5, 5.41) is 2.10. The maximum Gasteiger partial charge on any atom is 0.193 e. The Hall–Kier alpha value is -2.98. The van der Waals surface area contributed by atoms with Gasteiger partial charge in [0.15, 0.2) is 11.6 Å². The zero-order chi connectivity index (χ0) is 25.2. The van der Waals surface area contributed by atoms with Gasteiger partial charge in [0.1, 0.15) is 0 Å². The van der Waals surface area contributed by atoms with Crippen molar-refractivity contribution >= 4 is 41.4 Å².